The van der Waals surface area contributed by atoms with Crippen LogP contribution in [0.4, 0.5) is 11.4 Å². The summed E-state index contributed by atoms with van der Waals surface area (Å²) in [6.45, 7) is 3.88. The average Bonchev–Trinajstić information content (AvgIpc) is 2.81. The van der Waals surface area contributed by atoms with Gasteiger partial charge in [0.05, 0.1) is 10.6 Å². The molecule has 0 bridgehead atoms. The predicted octanol–water partition coefficient (Wildman–Crippen LogP) is 7.16. The Morgan fingerprint density at radius 2 is 1.26 bits per heavy atom. The summed E-state index contributed by atoms with van der Waals surface area (Å²) in [6, 6.07) is 30.9. The van der Waals surface area contributed by atoms with Gasteiger partial charge in [0, 0.05) is 17.5 Å². The highest BCUT2D eigenvalue weighted by molar-refractivity contribution is 7.92. The maximum atomic E-state index is 12.9. The molecule has 0 fully saturated rings. The largest absolute Gasteiger partial charge is 0.280 e. The molecule has 0 spiro atoms. The Balaban J connectivity index is 1.45. The Kier molecular flexibility index (Phi) is 5.64. The van der Waals surface area contributed by atoms with Gasteiger partial charge in [-0.25, -0.2) is 8.42 Å². The number of aliphatic imine (C=N–C) groups is 1. The molecule has 0 aliphatic carbocycles. The number of rotatable bonds is 5. The maximum absolute atomic E-state index is 12.9. The van der Waals surface area contributed by atoms with Gasteiger partial charge in [-0.1, -0.05) is 54.6 Å². The summed E-state index contributed by atoms with van der Waals surface area (Å²) in [7, 11) is -3.69. The molecule has 0 saturated carbocycles. The smallest absolute Gasteiger partial charge is 0.261 e. The Hall–Kier alpha value is -3.96. The fourth-order valence-electron chi connectivity index (χ4n) is 4.29. The normalized spacial score (nSPS) is 11.9. The van der Waals surface area contributed by atoms with Crippen LogP contribution in [0.2, 0.25) is 0 Å². The summed E-state index contributed by atoms with van der Waals surface area (Å²) in [5.41, 5.74) is 4.29. The summed E-state index contributed by atoms with van der Waals surface area (Å²) in [5.74, 6) is 0. The minimum atomic E-state index is -3.69. The predicted molar refractivity (Wildman–Crippen MR) is 142 cm³/mol. The molecular formula is C29H24N2O2S. The molecule has 5 aromatic rings. The number of hydrogen-bond acceptors (Lipinski definition) is 3. The lowest BCUT2D eigenvalue weighted by Gasteiger charge is -2.10. The number of hydrogen-bond donors (Lipinski definition) is 1. The van der Waals surface area contributed by atoms with Crippen LogP contribution in [0.1, 0.15) is 16.7 Å². The van der Waals surface area contributed by atoms with Crippen molar-refractivity contribution in [3.05, 3.63) is 114 Å². The SMILES string of the molecule is Cc1cc(C)cc(NS(=O)(=O)c2ccc(N=Cc3c4ccccc4cc4ccccc34)cc2)c1. The molecule has 5 heteroatoms. The second-order valence-corrected chi connectivity index (χ2v) is 10.1. The zero-order chi connectivity index (χ0) is 23.7. The van der Waals surface area contributed by atoms with Crippen LogP contribution >= 0.6 is 0 Å². The van der Waals surface area contributed by atoms with E-state index < -0.39 is 10.0 Å². The third kappa shape index (κ3) is 4.43. The van der Waals surface area contributed by atoms with E-state index in [1.165, 1.54) is 0 Å². The van der Waals surface area contributed by atoms with Gasteiger partial charge in [-0.05, 0) is 89.0 Å². The van der Waals surface area contributed by atoms with Crippen molar-refractivity contribution in [2.45, 2.75) is 18.7 Å². The van der Waals surface area contributed by atoms with E-state index in [2.05, 4.69) is 40.0 Å². The third-order valence-corrected chi connectivity index (χ3v) is 7.17. The van der Waals surface area contributed by atoms with Crippen molar-refractivity contribution >= 4 is 49.2 Å². The van der Waals surface area contributed by atoms with Crippen LogP contribution in [0.15, 0.2) is 107 Å². The molecule has 0 aliphatic heterocycles. The second-order valence-electron chi connectivity index (χ2n) is 8.47. The fourth-order valence-corrected chi connectivity index (χ4v) is 5.33. The number of nitrogens with zero attached hydrogens (tertiary/aromatic N) is 1. The van der Waals surface area contributed by atoms with Gasteiger partial charge < -0.3 is 0 Å². The highest BCUT2D eigenvalue weighted by Gasteiger charge is 2.14. The molecule has 0 atom stereocenters. The topological polar surface area (TPSA) is 58.5 Å². The van der Waals surface area contributed by atoms with Gasteiger partial charge in [0.1, 0.15) is 0 Å². The highest BCUT2D eigenvalue weighted by atomic mass is 32.2. The third-order valence-electron chi connectivity index (χ3n) is 5.78. The van der Waals surface area contributed by atoms with Gasteiger partial charge >= 0.3 is 0 Å². The number of nitrogens with one attached hydrogen (secondary N) is 1. The maximum Gasteiger partial charge on any atom is 0.261 e. The van der Waals surface area contributed by atoms with E-state index in [0.29, 0.717) is 11.4 Å². The Morgan fingerprint density at radius 1 is 0.706 bits per heavy atom. The average molecular weight is 465 g/mol. The summed E-state index contributed by atoms with van der Waals surface area (Å²) in [4.78, 5) is 4.86. The lowest BCUT2D eigenvalue weighted by atomic mass is 9.97. The number of benzene rings is 5. The van der Waals surface area contributed by atoms with Crippen molar-refractivity contribution in [3.63, 3.8) is 0 Å². The van der Waals surface area contributed by atoms with Crippen LogP contribution < -0.4 is 4.72 Å². The van der Waals surface area contributed by atoms with Crippen LogP contribution in [0.3, 0.4) is 0 Å². The molecule has 0 aliphatic rings. The zero-order valence-electron chi connectivity index (χ0n) is 19.0. The van der Waals surface area contributed by atoms with Crippen LogP contribution in [0, 0.1) is 13.8 Å². The van der Waals surface area contributed by atoms with Gasteiger partial charge in [0.15, 0.2) is 0 Å². The van der Waals surface area contributed by atoms with Crippen LogP contribution in [-0.2, 0) is 10.0 Å². The molecule has 0 radical (unpaired) electrons. The van der Waals surface area contributed by atoms with Gasteiger partial charge in [0.2, 0.25) is 0 Å². The van der Waals surface area contributed by atoms with Gasteiger partial charge in [0.25, 0.3) is 10.0 Å². The Labute approximate surface area is 199 Å². The second kappa shape index (κ2) is 8.76. The zero-order valence-corrected chi connectivity index (χ0v) is 19.8. The number of fused-ring (bicyclic) bond motifs is 2. The molecule has 1 N–H and O–H groups in total. The van der Waals surface area contributed by atoms with Gasteiger partial charge in [-0.3, -0.25) is 9.71 Å². The van der Waals surface area contributed by atoms with Crippen molar-refractivity contribution in [1.29, 1.82) is 0 Å². The van der Waals surface area contributed by atoms with E-state index >= 15 is 0 Å². The quantitative estimate of drug-likeness (QED) is 0.222. The lowest BCUT2D eigenvalue weighted by molar-refractivity contribution is 0.601. The Morgan fingerprint density at radius 3 is 1.85 bits per heavy atom. The minimum Gasteiger partial charge on any atom is -0.280 e. The highest BCUT2D eigenvalue weighted by Crippen LogP contribution is 2.28. The monoisotopic (exact) mass is 464 g/mol. The van der Waals surface area contributed by atoms with Crippen LogP contribution in [0.25, 0.3) is 21.5 Å². The summed E-state index contributed by atoms with van der Waals surface area (Å²) in [6.07, 6.45) is 1.86. The lowest BCUT2D eigenvalue weighted by Crippen LogP contribution is -2.13. The number of aryl methyl sites for hydroxylation is 2. The van der Waals surface area contributed by atoms with Crippen molar-refractivity contribution in [2.75, 3.05) is 4.72 Å². The molecule has 0 saturated heterocycles. The van der Waals surface area contributed by atoms with Crippen molar-refractivity contribution in [1.82, 2.24) is 0 Å². The molecule has 0 heterocycles. The van der Waals surface area contributed by atoms with Crippen molar-refractivity contribution < 1.29 is 8.42 Å². The number of sulfonamides is 1. The van der Waals surface area contributed by atoms with E-state index in [1.54, 1.807) is 24.3 Å². The molecule has 0 aromatic heterocycles. The van der Waals surface area contributed by atoms with E-state index in [-0.39, 0.29) is 4.90 Å². The molecular weight excluding hydrogens is 440 g/mol. The van der Waals surface area contributed by atoms with E-state index in [1.807, 2.05) is 62.5 Å². The number of anilines is 1. The summed E-state index contributed by atoms with van der Waals surface area (Å²) in [5, 5.41) is 4.56. The first kappa shape index (κ1) is 21.9. The first-order valence-corrected chi connectivity index (χ1v) is 12.5. The van der Waals surface area contributed by atoms with E-state index in [9.17, 15) is 8.42 Å². The van der Waals surface area contributed by atoms with E-state index in [4.69, 9.17) is 0 Å². The molecule has 0 unspecified atom stereocenters. The van der Waals surface area contributed by atoms with Crippen LogP contribution in [-0.4, -0.2) is 14.6 Å². The summed E-state index contributed by atoms with van der Waals surface area (Å²) >= 11 is 0. The van der Waals surface area contributed by atoms with Crippen molar-refractivity contribution in [2.24, 2.45) is 4.99 Å². The minimum absolute atomic E-state index is 0.196. The van der Waals surface area contributed by atoms with Gasteiger partial charge in [-0.2, -0.15) is 0 Å². The Bertz CT molecular complexity index is 1580. The fraction of sp³-hybridized carbons (Fsp3) is 0.0690. The standard InChI is InChI=1S/C29H24N2O2S/c1-20-15-21(2)17-25(16-20)31-34(32,33)26-13-11-24(12-14-26)30-19-29-27-9-5-3-7-22(27)18-23-8-4-6-10-28(23)29/h3-19,31H,1-2H3. The molecule has 0 amide bonds. The molecule has 168 valence electrons. The van der Waals surface area contributed by atoms with E-state index in [0.717, 1.165) is 38.2 Å². The van der Waals surface area contributed by atoms with Crippen LogP contribution in [0.5, 0.6) is 0 Å². The molecule has 5 rings (SSSR count). The molecule has 5 aromatic carbocycles. The first-order chi connectivity index (χ1) is 16.4. The molecule has 34 heavy (non-hydrogen) atoms. The van der Waals surface area contributed by atoms with Crippen molar-refractivity contribution in [3.8, 4) is 0 Å². The first-order valence-electron chi connectivity index (χ1n) is 11.0. The van der Waals surface area contributed by atoms with Gasteiger partial charge in [-0.15, -0.1) is 0 Å². The molecule has 4 nitrogen and oxygen atoms in total. The summed E-state index contributed by atoms with van der Waals surface area (Å²) < 4.78 is 28.4.